The summed E-state index contributed by atoms with van der Waals surface area (Å²) in [5.41, 5.74) is 5.62. The van der Waals surface area contributed by atoms with E-state index in [0.29, 0.717) is 5.75 Å². The molecule has 1 aromatic heterocycles. The molecule has 21 heavy (non-hydrogen) atoms. The van der Waals surface area contributed by atoms with E-state index in [2.05, 4.69) is 10.5 Å². The van der Waals surface area contributed by atoms with Crippen molar-refractivity contribution in [3.63, 3.8) is 0 Å². The van der Waals surface area contributed by atoms with E-state index < -0.39 is 0 Å². The molecule has 0 unspecified atom stereocenters. The Morgan fingerprint density at radius 1 is 1.29 bits per heavy atom. The lowest BCUT2D eigenvalue weighted by atomic mass is 10.1. The average molecular weight is 302 g/mol. The summed E-state index contributed by atoms with van der Waals surface area (Å²) in [7, 11) is 0. The molecule has 1 amide bonds. The van der Waals surface area contributed by atoms with E-state index in [4.69, 9.17) is 4.74 Å². The van der Waals surface area contributed by atoms with Crippen LogP contribution in [0.25, 0.3) is 0 Å². The predicted molar refractivity (Wildman–Crippen MR) is 86.1 cm³/mol. The summed E-state index contributed by atoms with van der Waals surface area (Å²) in [6.45, 7) is 5.85. The molecule has 1 N–H and O–H groups in total. The van der Waals surface area contributed by atoms with Gasteiger partial charge in [-0.3, -0.25) is 4.79 Å². The molecule has 0 spiro atoms. The molecule has 0 saturated carbocycles. The number of nitrogens with one attached hydrogen (secondary N) is 1. The molecule has 110 valence electrons. The van der Waals surface area contributed by atoms with Crippen molar-refractivity contribution in [2.75, 3.05) is 6.61 Å². The predicted octanol–water partition coefficient (Wildman–Crippen LogP) is 3.28. The fraction of sp³-hybridized carbons (Fsp3) is 0.250. The van der Waals surface area contributed by atoms with Gasteiger partial charge in [0.05, 0.1) is 5.71 Å². The third-order valence-corrected chi connectivity index (χ3v) is 4.05. The van der Waals surface area contributed by atoms with Crippen LogP contribution in [0.15, 0.2) is 40.8 Å². The molecule has 1 aromatic carbocycles. The van der Waals surface area contributed by atoms with Crippen LogP contribution in [0, 0.1) is 13.8 Å². The van der Waals surface area contributed by atoms with Crippen molar-refractivity contribution in [1.82, 2.24) is 5.43 Å². The Morgan fingerprint density at radius 3 is 2.76 bits per heavy atom. The lowest BCUT2D eigenvalue weighted by Crippen LogP contribution is -2.25. The number of carbonyl (C=O) groups excluding carboxylic acids is 1. The Kier molecular flexibility index (Phi) is 5.11. The fourth-order valence-electron chi connectivity index (χ4n) is 1.67. The molecule has 1 heterocycles. The van der Waals surface area contributed by atoms with Gasteiger partial charge in [0.15, 0.2) is 6.61 Å². The SMILES string of the molecule is C/C(=N/NC(=O)COc1ccc(C)c(C)c1)c1cccs1. The number of nitrogens with zero attached hydrogens (tertiary/aromatic N) is 1. The number of hydrazone groups is 1. The monoisotopic (exact) mass is 302 g/mol. The summed E-state index contributed by atoms with van der Waals surface area (Å²) in [6, 6.07) is 9.66. The molecule has 0 fully saturated rings. The zero-order valence-corrected chi connectivity index (χ0v) is 13.2. The van der Waals surface area contributed by atoms with Crippen molar-refractivity contribution >= 4 is 23.0 Å². The van der Waals surface area contributed by atoms with Crippen molar-refractivity contribution in [3.8, 4) is 5.75 Å². The number of hydrogen-bond donors (Lipinski definition) is 1. The maximum Gasteiger partial charge on any atom is 0.277 e. The van der Waals surface area contributed by atoms with Crippen LogP contribution < -0.4 is 10.2 Å². The quantitative estimate of drug-likeness (QED) is 0.680. The summed E-state index contributed by atoms with van der Waals surface area (Å²) < 4.78 is 5.45. The van der Waals surface area contributed by atoms with Gasteiger partial charge in [-0.05, 0) is 55.5 Å². The maximum atomic E-state index is 11.7. The van der Waals surface area contributed by atoms with Gasteiger partial charge in [0.1, 0.15) is 5.75 Å². The molecule has 2 rings (SSSR count). The van der Waals surface area contributed by atoms with Crippen LogP contribution in [0.3, 0.4) is 0 Å². The Bertz CT molecular complexity index is 648. The topological polar surface area (TPSA) is 50.7 Å². The van der Waals surface area contributed by atoms with Crippen molar-refractivity contribution in [2.24, 2.45) is 5.10 Å². The number of ether oxygens (including phenoxy) is 1. The van der Waals surface area contributed by atoms with Gasteiger partial charge in [-0.25, -0.2) is 5.43 Å². The van der Waals surface area contributed by atoms with Crippen LogP contribution in [0.1, 0.15) is 22.9 Å². The van der Waals surface area contributed by atoms with Gasteiger partial charge in [-0.2, -0.15) is 5.10 Å². The van der Waals surface area contributed by atoms with E-state index in [1.807, 2.05) is 56.5 Å². The molecule has 2 aromatic rings. The van der Waals surface area contributed by atoms with Crippen LogP contribution in [0.2, 0.25) is 0 Å². The summed E-state index contributed by atoms with van der Waals surface area (Å²) in [5.74, 6) is 0.413. The zero-order chi connectivity index (χ0) is 15.2. The average Bonchev–Trinajstić information content (AvgIpc) is 3.00. The molecule has 0 aliphatic carbocycles. The first-order valence-corrected chi connectivity index (χ1v) is 7.51. The first-order valence-electron chi connectivity index (χ1n) is 6.63. The third-order valence-electron chi connectivity index (χ3n) is 3.07. The molecular weight excluding hydrogens is 284 g/mol. The van der Waals surface area contributed by atoms with Crippen molar-refractivity contribution in [1.29, 1.82) is 0 Å². The lowest BCUT2D eigenvalue weighted by Gasteiger charge is -2.07. The van der Waals surface area contributed by atoms with Gasteiger partial charge >= 0.3 is 0 Å². The molecule has 0 radical (unpaired) electrons. The fourth-order valence-corrected chi connectivity index (χ4v) is 2.35. The highest BCUT2D eigenvalue weighted by Crippen LogP contribution is 2.16. The van der Waals surface area contributed by atoms with Crippen LogP contribution in [-0.2, 0) is 4.79 Å². The summed E-state index contributed by atoms with van der Waals surface area (Å²) >= 11 is 1.58. The molecule has 0 aliphatic rings. The Balaban J connectivity index is 1.85. The highest BCUT2D eigenvalue weighted by atomic mass is 32.1. The second-order valence-electron chi connectivity index (χ2n) is 4.74. The minimum Gasteiger partial charge on any atom is -0.484 e. The van der Waals surface area contributed by atoms with Gasteiger partial charge in [0, 0.05) is 4.88 Å². The van der Waals surface area contributed by atoms with Gasteiger partial charge in [-0.1, -0.05) is 12.1 Å². The number of hydrogen-bond acceptors (Lipinski definition) is 4. The number of amides is 1. The molecule has 0 bridgehead atoms. The van der Waals surface area contributed by atoms with E-state index in [9.17, 15) is 4.79 Å². The van der Waals surface area contributed by atoms with Crippen LogP contribution in [-0.4, -0.2) is 18.2 Å². The number of carbonyl (C=O) groups is 1. The molecule has 4 nitrogen and oxygen atoms in total. The standard InChI is InChI=1S/C16H18N2O2S/c1-11-6-7-14(9-12(11)2)20-10-16(19)18-17-13(3)15-5-4-8-21-15/h4-9H,10H2,1-3H3,(H,18,19)/b17-13-. The van der Waals surface area contributed by atoms with Gasteiger partial charge in [-0.15, -0.1) is 11.3 Å². The van der Waals surface area contributed by atoms with E-state index in [1.54, 1.807) is 11.3 Å². The van der Waals surface area contributed by atoms with Crippen LogP contribution in [0.5, 0.6) is 5.75 Å². The Labute approximate surface area is 128 Å². The molecule has 0 aliphatic heterocycles. The Hall–Kier alpha value is -2.14. The number of aryl methyl sites for hydroxylation is 2. The lowest BCUT2D eigenvalue weighted by molar-refractivity contribution is -0.123. The van der Waals surface area contributed by atoms with E-state index in [0.717, 1.165) is 16.2 Å². The molecule has 5 heteroatoms. The minimum absolute atomic E-state index is 0.0519. The maximum absolute atomic E-state index is 11.7. The number of rotatable bonds is 5. The summed E-state index contributed by atoms with van der Waals surface area (Å²) in [6.07, 6.45) is 0. The van der Waals surface area contributed by atoms with Gasteiger partial charge in [0.25, 0.3) is 5.91 Å². The first kappa shape index (κ1) is 15.3. The normalized spacial score (nSPS) is 11.3. The number of thiophene rings is 1. The van der Waals surface area contributed by atoms with Crippen molar-refractivity contribution in [3.05, 3.63) is 51.7 Å². The second kappa shape index (κ2) is 7.04. The third kappa shape index (κ3) is 4.43. The van der Waals surface area contributed by atoms with Gasteiger partial charge < -0.3 is 4.74 Å². The number of benzene rings is 1. The highest BCUT2D eigenvalue weighted by molar-refractivity contribution is 7.12. The van der Waals surface area contributed by atoms with Crippen LogP contribution >= 0.6 is 11.3 Å². The minimum atomic E-state index is -0.274. The smallest absolute Gasteiger partial charge is 0.277 e. The van der Waals surface area contributed by atoms with E-state index in [1.165, 1.54) is 5.56 Å². The molecule has 0 saturated heterocycles. The van der Waals surface area contributed by atoms with E-state index in [-0.39, 0.29) is 12.5 Å². The first-order chi connectivity index (χ1) is 10.1. The summed E-state index contributed by atoms with van der Waals surface area (Å²) in [4.78, 5) is 12.7. The van der Waals surface area contributed by atoms with Crippen molar-refractivity contribution in [2.45, 2.75) is 20.8 Å². The van der Waals surface area contributed by atoms with Gasteiger partial charge in [0.2, 0.25) is 0 Å². The van der Waals surface area contributed by atoms with Crippen LogP contribution in [0.4, 0.5) is 0 Å². The van der Waals surface area contributed by atoms with E-state index >= 15 is 0 Å². The highest BCUT2D eigenvalue weighted by Gasteiger charge is 2.04. The van der Waals surface area contributed by atoms with Crippen molar-refractivity contribution < 1.29 is 9.53 Å². The second-order valence-corrected chi connectivity index (χ2v) is 5.69. The summed E-state index contributed by atoms with van der Waals surface area (Å²) in [5, 5.41) is 6.03. The zero-order valence-electron chi connectivity index (χ0n) is 12.3. The largest absolute Gasteiger partial charge is 0.484 e. The molecular formula is C16H18N2O2S. The molecule has 0 atom stereocenters. The Morgan fingerprint density at radius 2 is 2.10 bits per heavy atom.